The van der Waals surface area contributed by atoms with Gasteiger partial charge in [-0.3, -0.25) is 0 Å². The Kier molecular flexibility index (Phi) is 5.73. The maximum Gasteiger partial charge on any atom is 0.258 e. The van der Waals surface area contributed by atoms with E-state index in [9.17, 15) is 4.39 Å². The van der Waals surface area contributed by atoms with E-state index in [-0.39, 0.29) is 11.9 Å². The van der Waals surface area contributed by atoms with Crippen LogP contribution in [0.15, 0.2) is 52.0 Å². The van der Waals surface area contributed by atoms with Gasteiger partial charge in [-0.1, -0.05) is 36.7 Å². The molecule has 0 amide bonds. The summed E-state index contributed by atoms with van der Waals surface area (Å²) in [4.78, 5) is 7.62. The first-order valence-electron chi connectivity index (χ1n) is 9.50. The maximum atomic E-state index is 13.9. The number of nitrogens with one attached hydrogen (secondary N) is 1. The van der Waals surface area contributed by atoms with Crippen LogP contribution >= 0.6 is 23.6 Å². The molecule has 0 fully saturated rings. The van der Waals surface area contributed by atoms with E-state index in [0.717, 1.165) is 41.1 Å². The van der Waals surface area contributed by atoms with Gasteiger partial charge < -0.3 is 14.7 Å². The summed E-state index contributed by atoms with van der Waals surface area (Å²) >= 11 is 7.17. The van der Waals surface area contributed by atoms with Crippen molar-refractivity contribution in [1.29, 1.82) is 0 Å². The molecule has 0 aliphatic carbocycles. The van der Waals surface area contributed by atoms with Crippen molar-refractivity contribution in [3.8, 4) is 10.7 Å². The second-order valence-electron chi connectivity index (χ2n) is 6.84. The van der Waals surface area contributed by atoms with Crippen molar-refractivity contribution in [1.82, 2.24) is 20.4 Å². The summed E-state index contributed by atoms with van der Waals surface area (Å²) in [5.41, 5.74) is 2.51. The van der Waals surface area contributed by atoms with Crippen LogP contribution in [-0.2, 0) is 0 Å². The summed E-state index contributed by atoms with van der Waals surface area (Å²) in [6.45, 7) is 4.93. The van der Waals surface area contributed by atoms with Crippen LogP contribution in [0.5, 0.6) is 0 Å². The second-order valence-corrected chi connectivity index (χ2v) is 8.18. The third-order valence-electron chi connectivity index (χ3n) is 4.91. The lowest BCUT2D eigenvalue weighted by molar-refractivity contribution is 0.395. The van der Waals surface area contributed by atoms with Gasteiger partial charge in [-0.2, -0.15) is 4.98 Å². The Morgan fingerprint density at radius 2 is 2.17 bits per heavy atom. The van der Waals surface area contributed by atoms with E-state index in [0.29, 0.717) is 16.8 Å². The minimum atomic E-state index is -0.368. The second kappa shape index (κ2) is 8.42. The lowest BCUT2D eigenvalue weighted by Gasteiger charge is -2.37. The first-order valence-corrected chi connectivity index (χ1v) is 10.8. The lowest BCUT2D eigenvalue weighted by atomic mass is 9.94. The largest absolute Gasteiger partial charge is 0.351 e. The summed E-state index contributed by atoms with van der Waals surface area (Å²) < 4.78 is 19.6. The Morgan fingerprint density at radius 1 is 1.31 bits per heavy atom. The molecule has 150 valence electrons. The number of rotatable bonds is 6. The fourth-order valence-electron chi connectivity index (χ4n) is 3.42. The molecule has 1 aliphatic heterocycles. The molecule has 0 bridgehead atoms. The molecule has 0 saturated carbocycles. The van der Waals surface area contributed by atoms with Crippen molar-refractivity contribution < 1.29 is 8.91 Å². The minimum absolute atomic E-state index is 0.301. The molecule has 5 nitrogen and oxygen atoms in total. The molecule has 3 heterocycles. The van der Waals surface area contributed by atoms with Crippen LogP contribution in [0, 0.1) is 5.82 Å². The molecule has 0 saturated heterocycles. The number of hydrogen-bond acceptors (Lipinski definition) is 5. The molecular formula is C21H21FN4OS2. The number of nitrogens with zero attached hydrogens (tertiary/aromatic N) is 3. The highest BCUT2D eigenvalue weighted by atomic mass is 32.1. The van der Waals surface area contributed by atoms with Gasteiger partial charge in [0.05, 0.1) is 16.5 Å². The quantitative estimate of drug-likeness (QED) is 0.531. The number of thiophene rings is 1. The molecule has 1 unspecified atom stereocenters. The Labute approximate surface area is 178 Å². The van der Waals surface area contributed by atoms with E-state index in [1.807, 2.05) is 30.5 Å². The Hall–Kier alpha value is -2.58. The molecule has 2 aromatic heterocycles. The standard InChI is InChI=1S/C21H21FN4OS2/c1-3-4-10-26-13(2)17(20-24-19(25-27-20)16-9-6-11-29-16)18(23-21(26)28)14-7-5-8-15(22)12-14/h5-9,11-12,18H,3-4,10H2,1-2H3,(H,23,28). The molecule has 3 aromatic rings. The van der Waals surface area contributed by atoms with Gasteiger partial charge >= 0.3 is 0 Å². The third-order valence-corrected chi connectivity index (χ3v) is 6.12. The van der Waals surface area contributed by atoms with Crippen molar-refractivity contribution in [2.45, 2.75) is 32.7 Å². The number of benzene rings is 1. The van der Waals surface area contributed by atoms with Crippen molar-refractivity contribution in [2.24, 2.45) is 0 Å². The van der Waals surface area contributed by atoms with Crippen LogP contribution in [0.4, 0.5) is 4.39 Å². The average Bonchev–Trinajstić information content (AvgIpc) is 3.39. The summed E-state index contributed by atoms with van der Waals surface area (Å²) in [7, 11) is 0. The summed E-state index contributed by atoms with van der Waals surface area (Å²) in [6.07, 6.45) is 2.06. The van der Waals surface area contributed by atoms with Gasteiger partial charge in [0.15, 0.2) is 5.11 Å². The SMILES string of the molecule is CCCCN1C(=S)NC(c2cccc(F)c2)C(c2nc(-c3cccs3)no2)=C1C. The van der Waals surface area contributed by atoms with Gasteiger partial charge in [0, 0.05) is 12.2 Å². The zero-order valence-electron chi connectivity index (χ0n) is 16.2. The summed E-state index contributed by atoms with van der Waals surface area (Å²) in [5.74, 6) is 0.656. The fraction of sp³-hybridized carbons (Fsp3) is 0.286. The topological polar surface area (TPSA) is 54.2 Å². The van der Waals surface area contributed by atoms with E-state index >= 15 is 0 Å². The number of halogens is 1. The molecule has 29 heavy (non-hydrogen) atoms. The first kappa shape index (κ1) is 19.7. The van der Waals surface area contributed by atoms with Crippen LogP contribution in [0.1, 0.15) is 44.2 Å². The normalized spacial score (nSPS) is 17.0. The van der Waals surface area contributed by atoms with Crippen molar-refractivity contribution >= 4 is 34.2 Å². The zero-order chi connectivity index (χ0) is 20.4. The molecule has 0 spiro atoms. The van der Waals surface area contributed by atoms with Crippen molar-refractivity contribution in [3.05, 3.63) is 64.7 Å². The van der Waals surface area contributed by atoms with Crippen LogP contribution in [0.2, 0.25) is 0 Å². The third kappa shape index (κ3) is 3.95. The highest BCUT2D eigenvalue weighted by Crippen LogP contribution is 2.37. The molecule has 1 N–H and O–H groups in total. The highest BCUT2D eigenvalue weighted by molar-refractivity contribution is 7.80. The smallest absolute Gasteiger partial charge is 0.258 e. The van der Waals surface area contributed by atoms with Gasteiger partial charge in [-0.05, 0) is 54.7 Å². The first-order chi connectivity index (χ1) is 14.1. The molecule has 0 radical (unpaired) electrons. The molecular weight excluding hydrogens is 407 g/mol. The van der Waals surface area contributed by atoms with Gasteiger partial charge in [0.25, 0.3) is 5.89 Å². The average molecular weight is 429 g/mol. The van der Waals surface area contributed by atoms with E-state index in [1.54, 1.807) is 17.4 Å². The van der Waals surface area contributed by atoms with Gasteiger partial charge in [-0.15, -0.1) is 11.3 Å². The number of hydrogen-bond donors (Lipinski definition) is 1. The predicted molar refractivity (Wildman–Crippen MR) is 117 cm³/mol. The van der Waals surface area contributed by atoms with Gasteiger partial charge in [0.1, 0.15) is 5.82 Å². The predicted octanol–water partition coefficient (Wildman–Crippen LogP) is 5.40. The minimum Gasteiger partial charge on any atom is -0.351 e. The van der Waals surface area contributed by atoms with Crippen LogP contribution < -0.4 is 5.32 Å². The van der Waals surface area contributed by atoms with E-state index in [1.165, 1.54) is 12.1 Å². The maximum absolute atomic E-state index is 13.9. The Bertz CT molecular complexity index is 1040. The molecule has 1 atom stereocenters. The number of aromatic nitrogens is 2. The Morgan fingerprint density at radius 3 is 2.90 bits per heavy atom. The van der Waals surface area contributed by atoms with Crippen LogP contribution in [-0.4, -0.2) is 26.7 Å². The summed E-state index contributed by atoms with van der Waals surface area (Å²) in [6, 6.07) is 10.0. The molecule has 8 heteroatoms. The van der Waals surface area contributed by atoms with Gasteiger partial charge in [-0.25, -0.2) is 4.39 Å². The van der Waals surface area contributed by atoms with E-state index in [4.69, 9.17) is 16.7 Å². The number of unbranched alkanes of at least 4 members (excludes halogenated alkanes) is 1. The van der Waals surface area contributed by atoms with Crippen molar-refractivity contribution in [2.75, 3.05) is 6.54 Å². The van der Waals surface area contributed by atoms with E-state index in [2.05, 4.69) is 27.3 Å². The molecule has 4 rings (SSSR count). The van der Waals surface area contributed by atoms with Crippen LogP contribution in [0.25, 0.3) is 16.3 Å². The van der Waals surface area contributed by atoms with Crippen LogP contribution in [0.3, 0.4) is 0 Å². The highest BCUT2D eigenvalue weighted by Gasteiger charge is 2.34. The number of thiocarbonyl (C=S) groups is 1. The lowest BCUT2D eigenvalue weighted by Crippen LogP contribution is -2.46. The summed E-state index contributed by atoms with van der Waals surface area (Å²) in [5, 5.41) is 10.1. The fourth-order valence-corrected chi connectivity index (χ4v) is 4.41. The van der Waals surface area contributed by atoms with Crippen molar-refractivity contribution in [3.63, 3.8) is 0 Å². The number of allylic oxidation sites excluding steroid dienone is 1. The monoisotopic (exact) mass is 428 g/mol. The zero-order valence-corrected chi connectivity index (χ0v) is 17.8. The van der Waals surface area contributed by atoms with E-state index < -0.39 is 0 Å². The molecule has 1 aliphatic rings. The van der Waals surface area contributed by atoms with Gasteiger partial charge in [0.2, 0.25) is 5.82 Å². The Balaban J connectivity index is 1.81. The molecule has 1 aromatic carbocycles.